The number of carbonyl (C=O) groups excluding carboxylic acids is 1. The number of aryl methyl sites for hydroxylation is 1. The van der Waals surface area contributed by atoms with Gasteiger partial charge in [0, 0.05) is 55.7 Å². The molecule has 3 aromatic rings. The van der Waals surface area contributed by atoms with Crippen molar-refractivity contribution >= 4 is 40.3 Å². The molecule has 36 heavy (non-hydrogen) atoms. The number of benzene rings is 2. The van der Waals surface area contributed by atoms with Gasteiger partial charge in [-0.1, -0.05) is 24.3 Å². The zero-order valence-electron chi connectivity index (χ0n) is 20.8. The Morgan fingerprint density at radius 1 is 1.00 bits per heavy atom. The molecule has 0 N–H and O–H groups in total. The number of hydrogen-bond acceptors (Lipinski definition) is 4. The zero-order chi connectivity index (χ0) is 24.6. The molecule has 0 saturated carbocycles. The van der Waals surface area contributed by atoms with E-state index in [1.165, 1.54) is 17.1 Å². The van der Waals surface area contributed by atoms with Crippen molar-refractivity contribution in [1.29, 1.82) is 0 Å². The summed E-state index contributed by atoms with van der Waals surface area (Å²) in [5, 5.41) is 1.13. The Kier molecular flexibility index (Phi) is 7.06. The first kappa shape index (κ1) is 24.4. The van der Waals surface area contributed by atoms with E-state index in [0.717, 1.165) is 62.0 Å². The average Bonchev–Trinajstić information content (AvgIpc) is 3.65. The SMILES string of the molecule is Cn1ccc2cccc(C(=O)N3CC(CN4CCC(c5ccc(F)cc5)CC4)[C@H](C4SCCS4)C3)c21. The van der Waals surface area contributed by atoms with Crippen LogP contribution in [-0.4, -0.2) is 69.1 Å². The average molecular weight is 524 g/mol. The van der Waals surface area contributed by atoms with Gasteiger partial charge in [-0.15, -0.1) is 23.5 Å². The molecule has 1 aromatic heterocycles. The van der Waals surface area contributed by atoms with Gasteiger partial charge in [0.15, 0.2) is 0 Å². The quantitative estimate of drug-likeness (QED) is 0.430. The van der Waals surface area contributed by atoms with Gasteiger partial charge in [0.2, 0.25) is 0 Å². The highest BCUT2D eigenvalue weighted by Crippen LogP contribution is 2.44. The third-order valence-electron chi connectivity index (χ3n) is 8.33. The molecule has 190 valence electrons. The van der Waals surface area contributed by atoms with Crippen molar-refractivity contribution in [1.82, 2.24) is 14.4 Å². The van der Waals surface area contributed by atoms with Gasteiger partial charge in [0.25, 0.3) is 5.91 Å². The summed E-state index contributed by atoms with van der Waals surface area (Å²) < 4.78 is 16.0. The van der Waals surface area contributed by atoms with Gasteiger partial charge in [0.1, 0.15) is 5.82 Å². The number of halogens is 1. The van der Waals surface area contributed by atoms with Gasteiger partial charge in [-0.2, -0.15) is 0 Å². The Morgan fingerprint density at radius 3 is 2.50 bits per heavy atom. The van der Waals surface area contributed by atoms with Crippen LogP contribution < -0.4 is 0 Å². The van der Waals surface area contributed by atoms with E-state index in [1.807, 2.05) is 37.5 Å². The molecule has 2 atom stereocenters. The third kappa shape index (κ3) is 4.82. The molecule has 3 aliphatic rings. The molecule has 0 spiro atoms. The van der Waals surface area contributed by atoms with Crippen LogP contribution in [0.1, 0.15) is 34.7 Å². The van der Waals surface area contributed by atoms with Crippen LogP contribution in [0, 0.1) is 17.7 Å². The van der Waals surface area contributed by atoms with Crippen LogP contribution in [0.4, 0.5) is 4.39 Å². The van der Waals surface area contributed by atoms with E-state index < -0.39 is 0 Å². The minimum atomic E-state index is -0.159. The summed E-state index contributed by atoms with van der Waals surface area (Å²) in [6.45, 7) is 4.93. The number of amides is 1. The molecular formula is C29H34FN3OS2. The Hall–Kier alpha value is -1.96. The Balaban J connectivity index is 1.15. The number of likely N-dealkylation sites (tertiary alicyclic amines) is 2. The molecular weight excluding hydrogens is 489 g/mol. The number of hydrogen-bond donors (Lipinski definition) is 0. The summed E-state index contributed by atoms with van der Waals surface area (Å²) in [5.41, 5.74) is 3.13. The standard InChI is InChI=1S/C29H34FN3OS2/c1-31-12-9-22-3-2-4-25(27(22)31)28(34)33-18-23(26(19-33)29-35-15-16-36-29)17-32-13-10-21(11-14-32)20-5-7-24(30)8-6-20/h2-9,12,21,23,26,29H,10-11,13-19H2,1H3/t23?,26-/m1/s1. The number of thioether (sulfide) groups is 2. The fourth-order valence-corrected chi connectivity index (χ4v) is 9.71. The summed E-state index contributed by atoms with van der Waals surface area (Å²) >= 11 is 4.18. The van der Waals surface area contributed by atoms with E-state index in [-0.39, 0.29) is 11.7 Å². The van der Waals surface area contributed by atoms with Crippen molar-refractivity contribution in [2.75, 3.05) is 44.2 Å². The van der Waals surface area contributed by atoms with Crippen LogP contribution in [-0.2, 0) is 7.05 Å². The minimum Gasteiger partial charge on any atom is -0.350 e. The maximum atomic E-state index is 13.8. The molecule has 0 aliphatic carbocycles. The first-order valence-electron chi connectivity index (χ1n) is 13.1. The van der Waals surface area contributed by atoms with Gasteiger partial charge in [-0.25, -0.2) is 4.39 Å². The van der Waals surface area contributed by atoms with Gasteiger partial charge in [-0.05, 0) is 67.6 Å². The van der Waals surface area contributed by atoms with Crippen LogP contribution in [0.5, 0.6) is 0 Å². The summed E-state index contributed by atoms with van der Waals surface area (Å²) in [6, 6.07) is 15.3. The lowest BCUT2D eigenvalue weighted by atomic mass is 9.88. The van der Waals surface area contributed by atoms with Crippen LogP contribution in [0.25, 0.3) is 10.9 Å². The third-order valence-corrected chi connectivity index (χ3v) is 11.6. The van der Waals surface area contributed by atoms with Crippen molar-refractivity contribution in [2.45, 2.75) is 23.3 Å². The number of carbonyl (C=O) groups is 1. The van der Waals surface area contributed by atoms with Gasteiger partial charge in [-0.3, -0.25) is 4.79 Å². The summed E-state index contributed by atoms with van der Waals surface area (Å²) in [6.07, 6.45) is 4.28. The predicted octanol–water partition coefficient (Wildman–Crippen LogP) is 5.69. The van der Waals surface area contributed by atoms with Gasteiger partial charge in [0.05, 0.1) is 15.7 Å². The smallest absolute Gasteiger partial charge is 0.256 e. The first-order chi connectivity index (χ1) is 17.6. The van der Waals surface area contributed by atoms with Crippen molar-refractivity contribution in [2.24, 2.45) is 18.9 Å². The number of para-hydroxylation sites is 1. The molecule has 4 nitrogen and oxygen atoms in total. The number of nitrogens with zero attached hydrogens (tertiary/aromatic N) is 3. The van der Waals surface area contributed by atoms with E-state index in [4.69, 9.17) is 0 Å². The number of piperidine rings is 1. The minimum absolute atomic E-state index is 0.159. The second-order valence-corrected chi connectivity index (χ2v) is 13.3. The van der Waals surface area contributed by atoms with Crippen LogP contribution in [0.3, 0.4) is 0 Å². The van der Waals surface area contributed by atoms with E-state index >= 15 is 0 Å². The predicted molar refractivity (Wildman–Crippen MR) is 149 cm³/mol. The molecule has 0 radical (unpaired) electrons. The molecule has 3 fully saturated rings. The van der Waals surface area contributed by atoms with Gasteiger partial charge < -0.3 is 14.4 Å². The molecule has 1 amide bonds. The van der Waals surface area contributed by atoms with E-state index in [2.05, 4.69) is 50.0 Å². The summed E-state index contributed by atoms with van der Waals surface area (Å²) in [5.74, 6) is 4.02. The molecule has 0 bridgehead atoms. The largest absolute Gasteiger partial charge is 0.350 e. The monoisotopic (exact) mass is 523 g/mol. The lowest BCUT2D eigenvalue weighted by molar-refractivity contribution is 0.0782. The van der Waals surface area contributed by atoms with E-state index in [1.54, 1.807) is 12.1 Å². The molecule has 4 heterocycles. The highest BCUT2D eigenvalue weighted by Gasteiger charge is 2.42. The number of aromatic nitrogens is 1. The Bertz CT molecular complexity index is 1210. The van der Waals surface area contributed by atoms with Crippen molar-refractivity contribution in [3.8, 4) is 0 Å². The fraction of sp³-hybridized carbons (Fsp3) is 0.483. The lowest BCUT2D eigenvalue weighted by Gasteiger charge is -2.35. The Labute approximate surface area is 221 Å². The molecule has 3 aliphatic heterocycles. The maximum absolute atomic E-state index is 13.8. The van der Waals surface area contributed by atoms with Crippen molar-refractivity contribution < 1.29 is 9.18 Å². The van der Waals surface area contributed by atoms with Gasteiger partial charge >= 0.3 is 0 Å². The number of rotatable bonds is 5. The molecule has 7 heteroatoms. The molecule has 1 unspecified atom stereocenters. The second kappa shape index (κ2) is 10.4. The first-order valence-corrected chi connectivity index (χ1v) is 15.2. The molecule has 2 aromatic carbocycles. The highest BCUT2D eigenvalue weighted by atomic mass is 32.2. The van der Waals surface area contributed by atoms with Crippen LogP contribution in [0.2, 0.25) is 0 Å². The van der Waals surface area contributed by atoms with Crippen molar-refractivity contribution in [3.05, 3.63) is 71.7 Å². The maximum Gasteiger partial charge on any atom is 0.256 e. The summed E-state index contributed by atoms with van der Waals surface area (Å²) in [4.78, 5) is 18.6. The van der Waals surface area contributed by atoms with Crippen LogP contribution in [0.15, 0.2) is 54.7 Å². The molecule has 6 rings (SSSR count). The highest BCUT2D eigenvalue weighted by molar-refractivity contribution is 8.20. The summed E-state index contributed by atoms with van der Waals surface area (Å²) in [7, 11) is 2.02. The zero-order valence-corrected chi connectivity index (χ0v) is 22.4. The second-order valence-electron chi connectivity index (χ2n) is 10.5. The fourth-order valence-electron chi connectivity index (χ4n) is 6.40. The normalized spacial score (nSPS) is 24.2. The lowest BCUT2D eigenvalue weighted by Crippen LogP contribution is -2.39. The topological polar surface area (TPSA) is 28.5 Å². The Morgan fingerprint density at radius 2 is 1.75 bits per heavy atom. The van der Waals surface area contributed by atoms with Crippen LogP contribution >= 0.6 is 23.5 Å². The van der Waals surface area contributed by atoms with E-state index in [9.17, 15) is 9.18 Å². The van der Waals surface area contributed by atoms with Crippen molar-refractivity contribution in [3.63, 3.8) is 0 Å². The molecule has 3 saturated heterocycles. The number of fused-ring (bicyclic) bond motifs is 1. The van der Waals surface area contributed by atoms with E-state index in [0.29, 0.717) is 22.3 Å².